The number of halogens is 2. The molecule has 3 aromatic rings. The van der Waals surface area contributed by atoms with Gasteiger partial charge in [-0.15, -0.1) is 0 Å². The predicted molar refractivity (Wildman–Crippen MR) is 107 cm³/mol. The number of benzene rings is 2. The first-order chi connectivity index (χ1) is 14.5. The zero-order valence-corrected chi connectivity index (χ0v) is 16.4. The van der Waals surface area contributed by atoms with Crippen molar-refractivity contribution in [3.05, 3.63) is 82.0 Å². The van der Waals surface area contributed by atoms with Gasteiger partial charge < -0.3 is 4.90 Å². The normalized spacial score (nSPS) is 14.8. The molecule has 1 aliphatic rings. The van der Waals surface area contributed by atoms with Crippen molar-refractivity contribution < 1.29 is 13.6 Å². The van der Waals surface area contributed by atoms with Crippen molar-refractivity contribution in [2.75, 3.05) is 13.1 Å². The van der Waals surface area contributed by atoms with Crippen molar-refractivity contribution in [3.8, 4) is 5.69 Å². The van der Waals surface area contributed by atoms with Crippen molar-refractivity contribution in [1.29, 1.82) is 0 Å². The molecule has 0 atom stereocenters. The van der Waals surface area contributed by atoms with Crippen LogP contribution in [0.1, 0.15) is 24.2 Å². The van der Waals surface area contributed by atoms with Crippen LogP contribution in [0, 0.1) is 17.6 Å². The lowest BCUT2D eigenvalue weighted by atomic mass is 9.93. The number of aromatic nitrogens is 3. The van der Waals surface area contributed by atoms with Crippen LogP contribution in [-0.2, 0) is 17.6 Å². The molecule has 1 N–H and O–H groups in total. The Morgan fingerprint density at radius 3 is 2.47 bits per heavy atom. The third-order valence-electron chi connectivity index (χ3n) is 5.54. The molecule has 0 aliphatic carbocycles. The number of carbonyl (C=O) groups is 1. The topological polar surface area (TPSA) is 71.0 Å². The van der Waals surface area contributed by atoms with E-state index < -0.39 is 11.5 Å². The van der Waals surface area contributed by atoms with Gasteiger partial charge in [-0.05, 0) is 48.6 Å². The minimum absolute atomic E-state index is 0.0168. The summed E-state index contributed by atoms with van der Waals surface area (Å²) in [7, 11) is 0. The van der Waals surface area contributed by atoms with E-state index in [0.717, 1.165) is 18.4 Å². The van der Waals surface area contributed by atoms with Crippen molar-refractivity contribution in [2.45, 2.75) is 25.7 Å². The first kappa shape index (κ1) is 20.0. The molecular formula is C22H22F2N4O2. The summed E-state index contributed by atoms with van der Waals surface area (Å²) in [5.74, 6) is -0.0624. The molecule has 1 saturated heterocycles. The van der Waals surface area contributed by atoms with Crippen LogP contribution in [0.25, 0.3) is 5.69 Å². The van der Waals surface area contributed by atoms with Crippen molar-refractivity contribution >= 4 is 5.91 Å². The Labute approximate surface area is 172 Å². The first-order valence-electron chi connectivity index (χ1n) is 9.94. The lowest BCUT2D eigenvalue weighted by Gasteiger charge is -2.32. The number of carbonyl (C=O) groups excluding carboxylic acids is 1. The monoisotopic (exact) mass is 412 g/mol. The highest BCUT2D eigenvalue weighted by Gasteiger charge is 2.25. The fraction of sp³-hybridized carbons (Fsp3) is 0.318. The number of hydrogen-bond acceptors (Lipinski definition) is 3. The van der Waals surface area contributed by atoms with E-state index in [1.165, 1.54) is 22.8 Å². The molecule has 1 fully saturated rings. The fourth-order valence-electron chi connectivity index (χ4n) is 3.88. The molecule has 4 rings (SSSR count). The summed E-state index contributed by atoms with van der Waals surface area (Å²) >= 11 is 0. The van der Waals surface area contributed by atoms with E-state index in [1.54, 1.807) is 30.3 Å². The zero-order chi connectivity index (χ0) is 21.1. The van der Waals surface area contributed by atoms with Crippen LogP contribution in [0.4, 0.5) is 8.78 Å². The lowest BCUT2D eigenvalue weighted by Crippen LogP contribution is -2.40. The predicted octanol–water partition coefficient (Wildman–Crippen LogP) is 2.86. The number of piperidine rings is 1. The number of likely N-dealkylation sites (tertiary alicyclic amines) is 1. The third-order valence-corrected chi connectivity index (χ3v) is 5.54. The van der Waals surface area contributed by atoms with Crippen LogP contribution in [0.15, 0.2) is 53.3 Å². The molecule has 1 aromatic heterocycles. The number of H-pyrrole nitrogens is 1. The molecule has 156 valence electrons. The maximum atomic E-state index is 14.2. The average molecular weight is 412 g/mol. The molecule has 2 aromatic carbocycles. The van der Waals surface area contributed by atoms with Crippen molar-refractivity contribution in [3.63, 3.8) is 0 Å². The minimum Gasteiger partial charge on any atom is -0.342 e. The highest BCUT2D eigenvalue weighted by atomic mass is 19.1. The summed E-state index contributed by atoms with van der Waals surface area (Å²) in [6.07, 6.45) is 2.31. The van der Waals surface area contributed by atoms with E-state index in [4.69, 9.17) is 0 Å². The summed E-state index contributed by atoms with van der Waals surface area (Å²) in [4.78, 5) is 26.5. The molecule has 0 bridgehead atoms. The van der Waals surface area contributed by atoms with Gasteiger partial charge in [0.05, 0.1) is 12.1 Å². The van der Waals surface area contributed by atoms with Crippen LogP contribution in [0.2, 0.25) is 0 Å². The van der Waals surface area contributed by atoms with Gasteiger partial charge in [0, 0.05) is 19.5 Å². The van der Waals surface area contributed by atoms with Gasteiger partial charge in [-0.3, -0.25) is 4.79 Å². The van der Waals surface area contributed by atoms with Gasteiger partial charge in [-0.2, -0.15) is 5.10 Å². The maximum Gasteiger partial charge on any atom is 0.348 e. The van der Waals surface area contributed by atoms with E-state index in [0.29, 0.717) is 25.3 Å². The third kappa shape index (κ3) is 4.32. The van der Waals surface area contributed by atoms with E-state index in [-0.39, 0.29) is 29.8 Å². The van der Waals surface area contributed by atoms with Gasteiger partial charge in [0.25, 0.3) is 0 Å². The van der Waals surface area contributed by atoms with Gasteiger partial charge in [0.2, 0.25) is 5.91 Å². The average Bonchev–Trinajstić information content (AvgIpc) is 3.10. The number of rotatable bonds is 5. The summed E-state index contributed by atoms with van der Waals surface area (Å²) < 4.78 is 28.5. The Morgan fingerprint density at radius 2 is 1.77 bits per heavy atom. The second-order valence-corrected chi connectivity index (χ2v) is 7.56. The van der Waals surface area contributed by atoms with Gasteiger partial charge in [0.1, 0.15) is 17.5 Å². The SMILES string of the molecule is O=C(Cc1ccc(F)cc1)N1CCC(Cc2n[nH]c(=O)n2-c2ccccc2F)CC1. The second-order valence-electron chi connectivity index (χ2n) is 7.56. The summed E-state index contributed by atoms with van der Waals surface area (Å²) in [6.45, 7) is 1.22. The summed E-state index contributed by atoms with van der Waals surface area (Å²) in [6, 6.07) is 12.1. The molecule has 0 unspecified atom stereocenters. The molecule has 0 spiro atoms. The zero-order valence-electron chi connectivity index (χ0n) is 16.4. The Hall–Kier alpha value is -3.29. The number of para-hydroxylation sites is 1. The Bertz CT molecular complexity index is 1080. The molecule has 0 radical (unpaired) electrons. The molecular weight excluding hydrogens is 390 g/mol. The lowest BCUT2D eigenvalue weighted by molar-refractivity contribution is -0.131. The largest absolute Gasteiger partial charge is 0.348 e. The molecule has 30 heavy (non-hydrogen) atoms. The Kier molecular flexibility index (Phi) is 5.74. The standard InChI is InChI=1S/C22H22F2N4O2/c23-17-7-5-15(6-8-17)14-21(29)27-11-9-16(10-12-27)13-20-25-26-22(30)28(20)19-4-2-1-3-18(19)24/h1-8,16H,9-14H2,(H,26,30). The summed E-state index contributed by atoms with van der Waals surface area (Å²) in [5, 5.41) is 6.50. The highest BCUT2D eigenvalue weighted by Crippen LogP contribution is 2.23. The van der Waals surface area contributed by atoms with E-state index in [2.05, 4.69) is 10.2 Å². The minimum atomic E-state index is -0.483. The maximum absolute atomic E-state index is 14.2. The molecule has 0 saturated carbocycles. The van der Waals surface area contributed by atoms with E-state index >= 15 is 0 Å². The molecule has 8 heteroatoms. The van der Waals surface area contributed by atoms with Gasteiger partial charge >= 0.3 is 5.69 Å². The Balaban J connectivity index is 1.38. The van der Waals surface area contributed by atoms with Crippen LogP contribution in [0.5, 0.6) is 0 Å². The van der Waals surface area contributed by atoms with Gasteiger partial charge in [-0.1, -0.05) is 24.3 Å². The quantitative estimate of drug-likeness (QED) is 0.701. The molecule has 1 amide bonds. The second kappa shape index (κ2) is 8.61. The summed E-state index contributed by atoms with van der Waals surface area (Å²) in [5.41, 5.74) is 0.495. The van der Waals surface area contributed by atoms with Gasteiger partial charge in [-0.25, -0.2) is 23.2 Å². The molecule has 1 aliphatic heterocycles. The number of amides is 1. The number of nitrogens with one attached hydrogen (secondary N) is 1. The Morgan fingerprint density at radius 1 is 1.07 bits per heavy atom. The van der Waals surface area contributed by atoms with Crippen molar-refractivity contribution in [1.82, 2.24) is 19.7 Å². The number of aromatic amines is 1. The smallest absolute Gasteiger partial charge is 0.342 e. The molecule has 6 nitrogen and oxygen atoms in total. The van der Waals surface area contributed by atoms with Crippen LogP contribution >= 0.6 is 0 Å². The number of hydrogen-bond donors (Lipinski definition) is 1. The highest BCUT2D eigenvalue weighted by molar-refractivity contribution is 5.78. The van der Waals surface area contributed by atoms with Crippen LogP contribution < -0.4 is 5.69 Å². The van der Waals surface area contributed by atoms with Crippen LogP contribution in [0.3, 0.4) is 0 Å². The van der Waals surface area contributed by atoms with E-state index in [1.807, 2.05) is 4.90 Å². The fourth-order valence-corrected chi connectivity index (χ4v) is 3.88. The molecule has 2 heterocycles. The van der Waals surface area contributed by atoms with E-state index in [9.17, 15) is 18.4 Å². The van der Waals surface area contributed by atoms with Crippen molar-refractivity contribution in [2.24, 2.45) is 5.92 Å². The number of nitrogens with zero attached hydrogens (tertiary/aromatic N) is 3. The van der Waals surface area contributed by atoms with Crippen LogP contribution in [-0.4, -0.2) is 38.7 Å². The first-order valence-corrected chi connectivity index (χ1v) is 9.94. The van der Waals surface area contributed by atoms with Gasteiger partial charge in [0.15, 0.2) is 0 Å².